The summed E-state index contributed by atoms with van der Waals surface area (Å²) in [5.41, 5.74) is 2.57. The Hall–Kier alpha value is -1.81. The van der Waals surface area contributed by atoms with Crippen LogP contribution in [0.5, 0.6) is 0 Å². The molecule has 0 amide bonds. The molecule has 1 heterocycles. The third-order valence-electron chi connectivity index (χ3n) is 3.50. The van der Waals surface area contributed by atoms with Crippen molar-refractivity contribution in [2.45, 2.75) is 74.1 Å². The van der Waals surface area contributed by atoms with Gasteiger partial charge in [0.15, 0.2) is 5.78 Å². The molecule has 0 unspecified atom stereocenters. The van der Waals surface area contributed by atoms with E-state index in [4.69, 9.17) is 4.74 Å². The molecule has 4 nitrogen and oxygen atoms in total. The summed E-state index contributed by atoms with van der Waals surface area (Å²) in [6.45, 7) is 15.9. The molecule has 0 aliphatic heterocycles. The second-order valence-corrected chi connectivity index (χ2v) is 5.87. The summed E-state index contributed by atoms with van der Waals surface area (Å²) in [5.74, 6) is 0.929. The van der Waals surface area contributed by atoms with Crippen LogP contribution in [0.4, 0.5) is 0 Å². The third-order valence-corrected chi connectivity index (χ3v) is 3.50. The van der Waals surface area contributed by atoms with Crippen LogP contribution in [-0.2, 0) is 4.74 Å². The summed E-state index contributed by atoms with van der Waals surface area (Å²) >= 11 is 0. The van der Waals surface area contributed by atoms with Gasteiger partial charge in [-0.15, -0.1) is 0 Å². The molecule has 4 heteroatoms. The predicted octanol–water partition coefficient (Wildman–Crippen LogP) is 6.08. The highest BCUT2D eigenvalue weighted by Gasteiger charge is 2.08. The maximum Gasteiger partial charge on any atom is 0.162 e. The number of aryl methyl sites for hydroxylation is 2. The number of hydrogen-bond donors (Lipinski definition) is 0. The fourth-order valence-electron chi connectivity index (χ4n) is 2.37. The van der Waals surface area contributed by atoms with Gasteiger partial charge in [-0.2, -0.15) is 0 Å². The van der Waals surface area contributed by atoms with Gasteiger partial charge in [0, 0.05) is 36.3 Å². The average molecular weight is 361 g/mol. The van der Waals surface area contributed by atoms with Gasteiger partial charge < -0.3 is 4.74 Å². The number of benzene rings is 1. The van der Waals surface area contributed by atoms with Crippen molar-refractivity contribution in [2.75, 3.05) is 13.2 Å². The van der Waals surface area contributed by atoms with Gasteiger partial charge in [-0.3, -0.25) is 4.79 Å². The normalized spacial score (nSPS) is 9.81. The molecular weight excluding hydrogens is 324 g/mol. The third kappa shape index (κ3) is 8.52. The van der Waals surface area contributed by atoms with E-state index >= 15 is 0 Å². The number of carbonyl (C=O) groups excluding carboxylic acids is 1. The number of rotatable bonds is 7. The van der Waals surface area contributed by atoms with Crippen molar-refractivity contribution in [1.82, 2.24) is 9.97 Å². The van der Waals surface area contributed by atoms with Crippen molar-refractivity contribution in [3.63, 3.8) is 0 Å². The summed E-state index contributed by atoms with van der Waals surface area (Å²) in [7, 11) is 0. The Balaban J connectivity index is 0.000000589. The van der Waals surface area contributed by atoms with E-state index in [-0.39, 0.29) is 5.78 Å². The van der Waals surface area contributed by atoms with E-state index in [0.29, 0.717) is 6.42 Å². The highest BCUT2D eigenvalue weighted by atomic mass is 16.5. The van der Waals surface area contributed by atoms with E-state index < -0.39 is 0 Å². The Morgan fingerprint density at radius 1 is 0.962 bits per heavy atom. The minimum atomic E-state index is 0.184. The first kappa shape index (κ1) is 24.2. The van der Waals surface area contributed by atoms with Crippen LogP contribution in [-0.4, -0.2) is 29.0 Å². The number of nitrogens with zero attached hydrogens (tertiary/aromatic N) is 2. The zero-order chi connectivity index (χ0) is 19.9. The first-order chi connectivity index (χ1) is 12.5. The minimum absolute atomic E-state index is 0.184. The summed E-state index contributed by atoms with van der Waals surface area (Å²) in [5, 5.41) is 1.02. The molecule has 146 valence electrons. The predicted molar refractivity (Wildman–Crippen MR) is 111 cm³/mol. The van der Waals surface area contributed by atoms with Gasteiger partial charge in [0.25, 0.3) is 0 Å². The van der Waals surface area contributed by atoms with Crippen molar-refractivity contribution in [3.05, 3.63) is 35.3 Å². The molecule has 0 N–H and O–H groups in total. The molecule has 26 heavy (non-hydrogen) atoms. The fraction of sp³-hybridized carbons (Fsp3) is 0.591. The summed E-state index contributed by atoms with van der Waals surface area (Å²) in [4.78, 5) is 20.5. The Labute approximate surface area is 159 Å². The van der Waals surface area contributed by atoms with Crippen molar-refractivity contribution < 1.29 is 9.53 Å². The summed E-state index contributed by atoms with van der Waals surface area (Å²) < 4.78 is 5.13. The van der Waals surface area contributed by atoms with Crippen LogP contribution >= 0.6 is 0 Å². The number of Topliss-reactive ketones (excluding diaryl/α,β-unsaturated/α-hetero) is 1. The number of aromatic nitrogens is 2. The molecule has 0 atom stereocenters. The molecule has 0 aliphatic carbocycles. The summed E-state index contributed by atoms with van der Waals surface area (Å²) in [6.07, 6.45) is 3.74. The Bertz CT molecular complexity index is 650. The van der Waals surface area contributed by atoms with Crippen molar-refractivity contribution in [3.8, 4) is 0 Å². The topological polar surface area (TPSA) is 52.1 Å². The van der Waals surface area contributed by atoms with Gasteiger partial charge in [0.1, 0.15) is 5.82 Å². The molecule has 0 radical (unpaired) electrons. The fourth-order valence-corrected chi connectivity index (χ4v) is 2.37. The van der Waals surface area contributed by atoms with Crippen LogP contribution in [0, 0.1) is 13.8 Å². The maximum atomic E-state index is 11.8. The second-order valence-electron chi connectivity index (χ2n) is 5.87. The molecule has 0 bridgehead atoms. The standard InChI is InChI=1S/C14H16N2O.C6H14O.C2H6/c1-4-5-14(17)11-6-7-12-9(2)15-10(3)16-13(12)8-11;1-3-5-7-6-4-2;1-2/h6-8H,4-5H2,1-3H3;3-6H2,1-2H3;1-2H3. The van der Waals surface area contributed by atoms with Crippen LogP contribution in [0.15, 0.2) is 18.2 Å². The van der Waals surface area contributed by atoms with E-state index in [1.54, 1.807) is 0 Å². The molecule has 2 aromatic rings. The molecule has 1 aromatic heterocycles. The van der Waals surface area contributed by atoms with Crippen LogP contribution < -0.4 is 0 Å². The summed E-state index contributed by atoms with van der Waals surface area (Å²) in [6, 6.07) is 5.67. The zero-order valence-electron chi connectivity index (χ0n) is 17.7. The van der Waals surface area contributed by atoms with E-state index in [1.165, 1.54) is 0 Å². The smallest absolute Gasteiger partial charge is 0.162 e. The van der Waals surface area contributed by atoms with Crippen LogP contribution in [0.3, 0.4) is 0 Å². The molecule has 0 fully saturated rings. The largest absolute Gasteiger partial charge is 0.381 e. The van der Waals surface area contributed by atoms with E-state index in [1.807, 2.05) is 52.8 Å². The number of fused-ring (bicyclic) bond motifs is 1. The number of hydrogen-bond acceptors (Lipinski definition) is 4. The van der Waals surface area contributed by atoms with E-state index in [9.17, 15) is 4.79 Å². The van der Waals surface area contributed by atoms with Gasteiger partial charge in [-0.05, 0) is 39.2 Å². The van der Waals surface area contributed by atoms with E-state index in [0.717, 1.165) is 60.5 Å². The zero-order valence-corrected chi connectivity index (χ0v) is 17.7. The van der Waals surface area contributed by atoms with Gasteiger partial charge in [-0.1, -0.05) is 46.8 Å². The van der Waals surface area contributed by atoms with Crippen molar-refractivity contribution >= 4 is 16.7 Å². The molecule has 2 rings (SSSR count). The molecular formula is C22H36N2O2. The Kier molecular flexibility index (Phi) is 13.4. The first-order valence-corrected chi connectivity index (χ1v) is 9.89. The highest BCUT2D eigenvalue weighted by molar-refractivity contribution is 5.99. The molecule has 0 aliphatic rings. The lowest BCUT2D eigenvalue weighted by Gasteiger charge is -2.05. The minimum Gasteiger partial charge on any atom is -0.381 e. The Morgan fingerprint density at radius 3 is 2.12 bits per heavy atom. The lowest BCUT2D eigenvalue weighted by Crippen LogP contribution is -2.00. The first-order valence-electron chi connectivity index (χ1n) is 9.89. The number of carbonyl (C=O) groups is 1. The highest BCUT2D eigenvalue weighted by Crippen LogP contribution is 2.18. The molecule has 0 saturated carbocycles. The van der Waals surface area contributed by atoms with Gasteiger partial charge in [0.05, 0.1) is 5.52 Å². The maximum absolute atomic E-state index is 11.8. The number of ketones is 1. The van der Waals surface area contributed by atoms with Crippen molar-refractivity contribution in [2.24, 2.45) is 0 Å². The van der Waals surface area contributed by atoms with Crippen LogP contribution in [0.2, 0.25) is 0 Å². The SMILES string of the molecule is CC.CCCC(=O)c1ccc2c(C)nc(C)nc2c1.CCCOCCC. The van der Waals surface area contributed by atoms with Crippen LogP contribution in [0.25, 0.3) is 10.9 Å². The lowest BCUT2D eigenvalue weighted by molar-refractivity contribution is 0.0982. The monoisotopic (exact) mass is 360 g/mol. The van der Waals surface area contributed by atoms with Gasteiger partial charge in [-0.25, -0.2) is 9.97 Å². The van der Waals surface area contributed by atoms with Crippen molar-refractivity contribution in [1.29, 1.82) is 0 Å². The second kappa shape index (κ2) is 14.4. The van der Waals surface area contributed by atoms with E-state index in [2.05, 4.69) is 23.8 Å². The quantitative estimate of drug-likeness (QED) is 0.443. The van der Waals surface area contributed by atoms with Crippen LogP contribution in [0.1, 0.15) is 82.2 Å². The van der Waals surface area contributed by atoms with Gasteiger partial charge >= 0.3 is 0 Å². The lowest BCUT2D eigenvalue weighted by atomic mass is 10.0. The Morgan fingerprint density at radius 2 is 1.58 bits per heavy atom. The van der Waals surface area contributed by atoms with Gasteiger partial charge in [0.2, 0.25) is 0 Å². The molecule has 0 spiro atoms. The molecule has 1 aromatic carbocycles. The molecule has 0 saturated heterocycles. The number of ether oxygens (including phenoxy) is 1. The average Bonchev–Trinajstić information content (AvgIpc) is 2.64.